The Morgan fingerprint density at radius 1 is 1.47 bits per heavy atom. The zero-order chi connectivity index (χ0) is 12.4. The summed E-state index contributed by atoms with van der Waals surface area (Å²) in [6.07, 6.45) is 1.85. The van der Waals surface area contributed by atoms with Gasteiger partial charge in [0.05, 0.1) is 19.1 Å². The third kappa shape index (κ3) is 1.97. The first-order valence-corrected chi connectivity index (χ1v) is 5.47. The molecule has 2 aromatic rings. The molecule has 2 rings (SSSR count). The van der Waals surface area contributed by atoms with E-state index in [2.05, 4.69) is 11.1 Å². The van der Waals surface area contributed by atoms with E-state index in [-0.39, 0.29) is 12.0 Å². The highest BCUT2D eigenvalue weighted by atomic mass is 16.5. The van der Waals surface area contributed by atoms with Gasteiger partial charge in [0.25, 0.3) is 0 Å². The largest absolute Gasteiger partial charge is 0.497 e. The molecule has 4 heteroatoms. The van der Waals surface area contributed by atoms with E-state index in [1.165, 1.54) is 0 Å². The van der Waals surface area contributed by atoms with Crippen LogP contribution < -0.4 is 10.5 Å². The maximum Gasteiger partial charge on any atom is 0.119 e. The van der Waals surface area contributed by atoms with Crippen LogP contribution in [0.15, 0.2) is 24.4 Å². The zero-order valence-corrected chi connectivity index (χ0v) is 9.90. The van der Waals surface area contributed by atoms with Crippen LogP contribution in [-0.2, 0) is 0 Å². The number of nitrogens with zero attached hydrogens (tertiary/aromatic N) is 1. The summed E-state index contributed by atoms with van der Waals surface area (Å²) < 4.78 is 5.19. The second-order valence-electron chi connectivity index (χ2n) is 4.12. The molecule has 0 spiro atoms. The first kappa shape index (κ1) is 11.5. The molecule has 88 valence electrons. The molecule has 1 heterocycles. The number of hydrogen-bond acceptors (Lipinski definition) is 3. The van der Waals surface area contributed by atoms with Crippen molar-refractivity contribution in [3.05, 3.63) is 30.0 Å². The third-order valence-electron chi connectivity index (χ3n) is 2.92. The van der Waals surface area contributed by atoms with E-state index >= 15 is 0 Å². The molecule has 17 heavy (non-hydrogen) atoms. The number of nitriles is 1. The minimum atomic E-state index is -0.309. The Balaban J connectivity index is 2.58. The van der Waals surface area contributed by atoms with Crippen LogP contribution >= 0.6 is 0 Å². The molecule has 0 radical (unpaired) electrons. The second kappa shape index (κ2) is 4.48. The highest BCUT2D eigenvalue weighted by molar-refractivity contribution is 5.85. The summed E-state index contributed by atoms with van der Waals surface area (Å²) in [6.45, 7) is 1.84. The van der Waals surface area contributed by atoms with Crippen LogP contribution in [0.25, 0.3) is 10.9 Å². The number of nitrogens with two attached hydrogens (primary N) is 1. The van der Waals surface area contributed by atoms with Crippen LogP contribution in [0.4, 0.5) is 0 Å². The lowest BCUT2D eigenvalue weighted by atomic mass is 9.94. The number of rotatable bonds is 3. The Hall–Kier alpha value is -1.99. The van der Waals surface area contributed by atoms with Gasteiger partial charge in [-0.05, 0) is 30.7 Å². The fraction of sp³-hybridized carbons (Fsp3) is 0.308. The van der Waals surface area contributed by atoms with Gasteiger partial charge in [-0.3, -0.25) is 0 Å². The quantitative estimate of drug-likeness (QED) is 0.846. The van der Waals surface area contributed by atoms with Gasteiger partial charge in [-0.15, -0.1) is 0 Å². The monoisotopic (exact) mass is 229 g/mol. The number of methoxy groups -OCH3 is 1. The normalized spacial score (nSPS) is 14.2. The number of aromatic amines is 1. The molecule has 3 N–H and O–H groups in total. The highest BCUT2D eigenvalue weighted by Gasteiger charge is 2.19. The topological polar surface area (TPSA) is 74.8 Å². The average Bonchev–Trinajstić information content (AvgIpc) is 2.73. The fourth-order valence-electron chi connectivity index (χ4n) is 1.98. The molecule has 1 aromatic heterocycles. The summed E-state index contributed by atoms with van der Waals surface area (Å²) >= 11 is 0. The third-order valence-corrected chi connectivity index (χ3v) is 2.92. The number of fused-ring (bicyclic) bond motifs is 1. The molecule has 0 saturated heterocycles. The van der Waals surface area contributed by atoms with E-state index in [1.807, 2.05) is 31.3 Å². The Kier molecular flexibility index (Phi) is 3.03. The standard InChI is InChI=1S/C13H15N3O/c1-8(15)11(6-14)12-7-16-13-4-3-9(17-2)5-10(12)13/h3-5,7-8,11,16H,15H2,1-2H3/t8-,11-/m0/s1. The van der Waals surface area contributed by atoms with Crippen molar-refractivity contribution >= 4 is 10.9 Å². The number of ether oxygens (including phenoxy) is 1. The molecule has 2 atom stereocenters. The SMILES string of the molecule is COc1ccc2[nH]cc([C@@H](C#N)[C@H](C)N)c2c1. The molecule has 0 fully saturated rings. The predicted octanol–water partition coefficient (Wildman–Crippen LogP) is 2.13. The summed E-state index contributed by atoms with van der Waals surface area (Å²) in [7, 11) is 1.63. The molecule has 0 aliphatic carbocycles. The van der Waals surface area contributed by atoms with E-state index in [9.17, 15) is 5.26 Å². The van der Waals surface area contributed by atoms with Crippen LogP contribution in [0, 0.1) is 11.3 Å². The van der Waals surface area contributed by atoms with Gasteiger partial charge in [-0.2, -0.15) is 5.26 Å². The number of aromatic nitrogens is 1. The van der Waals surface area contributed by atoms with Gasteiger partial charge in [0.2, 0.25) is 0 Å². The molecule has 0 saturated carbocycles. The Morgan fingerprint density at radius 2 is 2.24 bits per heavy atom. The van der Waals surface area contributed by atoms with Crippen LogP contribution in [-0.4, -0.2) is 18.1 Å². The lowest BCUT2D eigenvalue weighted by Gasteiger charge is -2.12. The second-order valence-corrected chi connectivity index (χ2v) is 4.12. The number of benzene rings is 1. The van der Waals surface area contributed by atoms with Crippen LogP contribution in [0.3, 0.4) is 0 Å². The van der Waals surface area contributed by atoms with Crippen molar-refractivity contribution in [1.82, 2.24) is 4.98 Å². The van der Waals surface area contributed by atoms with Crippen molar-refractivity contribution in [2.45, 2.75) is 18.9 Å². The molecule has 4 nitrogen and oxygen atoms in total. The average molecular weight is 229 g/mol. The van der Waals surface area contributed by atoms with Crippen molar-refractivity contribution in [3.63, 3.8) is 0 Å². The molecular weight excluding hydrogens is 214 g/mol. The number of hydrogen-bond donors (Lipinski definition) is 2. The lowest BCUT2D eigenvalue weighted by Crippen LogP contribution is -2.23. The van der Waals surface area contributed by atoms with Crippen LogP contribution in [0.1, 0.15) is 18.4 Å². The van der Waals surface area contributed by atoms with E-state index < -0.39 is 0 Å². The summed E-state index contributed by atoms with van der Waals surface area (Å²) in [5, 5.41) is 10.2. The minimum absolute atomic E-state index is 0.204. The van der Waals surface area contributed by atoms with Gasteiger partial charge in [-0.1, -0.05) is 0 Å². The van der Waals surface area contributed by atoms with Gasteiger partial charge in [0.15, 0.2) is 0 Å². The van der Waals surface area contributed by atoms with Gasteiger partial charge >= 0.3 is 0 Å². The molecule has 0 amide bonds. The highest BCUT2D eigenvalue weighted by Crippen LogP contribution is 2.29. The van der Waals surface area contributed by atoms with Gasteiger partial charge in [0.1, 0.15) is 5.75 Å². The maximum atomic E-state index is 9.18. The van der Waals surface area contributed by atoms with Gasteiger partial charge in [-0.25, -0.2) is 0 Å². The molecule has 0 bridgehead atoms. The van der Waals surface area contributed by atoms with Crippen LogP contribution in [0.5, 0.6) is 5.75 Å². The number of H-pyrrole nitrogens is 1. The first-order chi connectivity index (χ1) is 8.17. The first-order valence-electron chi connectivity index (χ1n) is 5.47. The van der Waals surface area contributed by atoms with Crippen molar-refractivity contribution < 1.29 is 4.74 Å². The van der Waals surface area contributed by atoms with Gasteiger partial charge in [0, 0.05) is 23.1 Å². The van der Waals surface area contributed by atoms with E-state index in [0.29, 0.717) is 0 Å². The van der Waals surface area contributed by atoms with Crippen molar-refractivity contribution in [3.8, 4) is 11.8 Å². The predicted molar refractivity (Wildman–Crippen MR) is 66.9 cm³/mol. The molecular formula is C13H15N3O. The Bertz CT molecular complexity index is 566. The van der Waals surface area contributed by atoms with E-state index in [1.54, 1.807) is 7.11 Å². The lowest BCUT2D eigenvalue weighted by molar-refractivity contribution is 0.415. The number of nitrogens with one attached hydrogen (secondary N) is 1. The van der Waals surface area contributed by atoms with Gasteiger partial charge < -0.3 is 15.5 Å². The Morgan fingerprint density at radius 3 is 2.82 bits per heavy atom. The summed E-state index contributed by atoms with van der Waals surface area (Å²) in [6, 6.07) is 7.79. The molecule has 1 aromatic carbocycles. The molecule has 0 aliphatic rings. The summed E-state index contributed by atoms with van der Waals surface area (Å²) in [5.41, 5.74) is 7.75. The van der Waals surface area contributed by atoms with Crippen molar-refractivity contribution in [1.29, 1.82) is 5.26 Å². The minimum Gasteiger partial charge on any atom is -0.497 e. The molecule has 0 unspecified atom stereocenters. The maximum absolute atomic E-state index is 9.18. The smallest absolute Gasteiger partial charge is 0.119 e. The Labute approximate surface area is 100.0 Å². The van der Waals surface area contributed by atoms with E-state index in [4.69, 9.17) is 10.5 Å². The molecule has 0 aliphatic heterocycles. The fourth-order valence-corrected chi connectivity index (χ4v) is 1.98. The zero-order valence-electron chi connectivity index (χ0n) is 9.90. The van der Waals surface area contributed by atoms with Crippen molar-refractivity contribution in [2.24, 2.45) is 5.73 Å². The van der Waals surface area contributed by atoms with Crippen molar-refractivity contribution in [2.75, 3.05) is 7.11 Å². The summed E-state index contributed by atoms with van der Waals surface area (Å²) in [4.78, 5) is 3.15. The van der Waals surface area contributed by atoms with Crippen LogP contribution in [0.2, 0.25) is 0 Å². The van der Waals surface area contributed by atoms with E-state index in [0.717, 1.165) is 22.2 Å². The summed E-state index contributed by atoms with van der Waals surface area (Å²) in [5.74, 6) is 0.468.